The second-order valence-corrected chi connectivity index (χ2v) is 5.57. The second kappa shape index (κ2) is 5.93. The van der Waals surface area contributed by atoms with Crippen molar-refractivity contribution in [3.8, 4) is 0 Å². The molecule has 108 valence electrons. The molecule has 0 saturated heterocycles. The van der Waals surface area contributed by atoms with Crippen molar-refractivity contribution < 1.29 is 13.2 Å². The minimum absolute atomic E-state index is 0.174. The molecule has 1 atom stereocenters. The Kier molecular flexibility index (Phi) is 4.45. The number of halogens is 3. The molecule has 0 aliphatic carbocycles. The van der Waals surface area contributed by atoms with Crippen LogP contribution in [0.5, 0.6) is 0 Å². The van der Waals surface area contributed by atoms with Gasteiger partial charge < -0.3 is 5.32 Å². The van der Waals surface area contributed by atoms with Crippen LogP contribution in [0, 0.1) is 6.92 Å². The molecule has 2 rings (SSSR count). The number of pyridine rings is 1. The molecule has 0 spiro atoms. The summed E-state index contributed by atoms with van der Waals surface area (Å²) in [6, 6.07) is 4.36. The zero-order valence-corrected chi connectivity index (χ0v) is 12.0. The third kappa shape index (κ3) is 3.37. The first kappa shape index (κ1) is 15.0. The van der Waals surface area contributed by atoms with Crippen LogP contribution in [0.1, 0.15) is 34.7 Å². The van der Waals surface area contributed by atoms with Gasteiger partial charge in [-0.1, -0.05) is 6.92 Å². The summed E-state index contributed by atoms with van der Waals surface area (Å²) in [6.45, 7) is 4.66. The van der Waals surface area contributed by atoms with E-state index in [2.05, 4.69) is 10.3 Å². The molecule has 6 heteroatoms. The molecule has 0 amide bonds. The lowest BCUT2D eigenvalue weighted by atomic mass is 10.1. The predicted molar refractivity (Wildman–Crippen MR) is 73.8 cm³/mol. The van der Waals surface area contributed by atoms with E-state index in [0.29, 0.717) is 12.2 Å². The SMILES string of the molecule is CCNC(c1csc(C)c1)c1ccc(C(F)(F)F)cn1. The summed E-state index contributed by atoms with van der Waals surface area (Å²) in [4.78, 5) is 5.13. The minimum Gasteiger partial charge on any atom is -0.305 e. The van der Waals surface area contributed by atoms with E-state index in [9.17, 15) is 13.2 Å². The van der Waals surface area contributed by atoms with Gasteiger partial charge in [0.15, 0.2) is 0 Å². The van der Waals surface area contributed by atoms with Crippen LogP contribution in [0.4, 0.5) is 13.2 Å². The lowest BCUT2D eigenvalue weighted by Crippen LogP contribution is -2.22. The Morgan fingerprint density at radius 3 is 2.55 bits per heavy atom. The highest BCUT2D eigenvalue weighted by atomic mass is 32.1. The van der Waals surface area contributed by atoms with Crippen LogP contribution in [-0.2, 0) is 6.18 Å². The Hall–Kier alpha value is -1.40. The maximum atomic E-state index is 12.5. The van der Waals surface area contributed by atoms with Gasteiger partial charge in [0, 0.05) is 11.1 Å². The highest BCUT2D eigenvalue weighted by molar-refractivity contribution is 7.10. The van der Waals surface area contributed by atoms with Crippen molar-refractivity contribution in [1.82, 2.24) is 10.3 Å². The van der Waals surface area contributed by atoms with Gasteiger partial charge in [0.25, 0.3) is 0 Å². The minimum atomic E-state index is -4.35. The third-order valence-corrected chi connectivity index (χ3v) is 3.78. The van der Waals surface area contributed by atoms with Crippen LogP contribution in [-0.4, -0.2) is 11.5 Å². The Labute approximate surface area is 119 Å². The van der Waals surface area contributed by atoms with Crippen LogP contribution in [0.2, 0.25) is 0 Å². The van der Waals surface area contributed by atoms with Crippen LogP contribution in [0.25, 0.3) is 0 Å². The van der Waals surface area contributed by atoms with Crippen molar-refractivity contribution in [3.63, 3.8) is 0 Å². The fourth-order valence-electron chi connectivity index (χ4n) is 1.96. The molecule has 1 unspecified atom stereocenters. The van der Waals surface area contributed by atoms with E-state index < -0.39 is 11.7 Å². The molecule has 0 aliphatic rings. The van der Waals surface area contributed by atoms with Crippen molar-refractivity contribution in [2.75, 3.05) is 6.54 Å². The molecular weight excluding hydrogens is 285 g/mol. The molecule has 0 radical (unpaired) electrons. The first-order valence-corrected chi connectivity index (χ1v) is 7.11. The smallest absolute Gasteiger partial charge is 0.305 e. The Balaban J connectivity index is 2.30. The highest BCUT2D eigenvalue weighted by Gasteiger charge is 2.31. The van der Waals surface area contributed by atoms with Crippen molar-refractivity contribution >= 4 is 11.3 Å². The van der Waals surface area contributed by atoms with E-state index in [1.807, 2.05) is 25.3 Å². The van der Waals surface area contributed by atoms with Crippen molar-refractivity contribution in [1.29, 1.82) is 0 Å². The van der Waals surface area contributed by atoms with Gasteiger partial charge in [0.2, 0.25) is 0 Å². The van der Waals surface area contributed by atoms with Gasteiger partial charge in [-0.05, 0) is 42.6 Å². The molecule has 20 heavy (non-hydrogen) atoms. The summed E-state index contributed by atoms with van der Waals surface area (Å²) in [5, 5.41) is 5.25. The van der Waals surface area contributed by atoms with Gasteiger partial charge in [-0.3, -0.25) is 4.98 Å². The summed E-state index contributed by atoms with van der Waals surface area (Å²) >= 11 is 1.61. The number of alkyl halides is 3. The summed E-state index contributed by atoms with van der Waals surface area (Å²) < 4.78 is 37.6. The largest absolute Gasteiger partial charge is 0.417 e. The highest BCUT2D eigenvalue weighted by Crippen LogP contribution is 2.30. The van der Waals surface area contributed by atoms with Gasteiger partial charge in [-0.2, -0.15) is 13.2 Å². The van der Waals surface area contributed by atoms with Crippen molar-refractivity contribution in [2.24, 2.45) is 0 Å². The predicted octanol–water partition coefficient (Wildman–Crippen LogP) is 4.17. The topological polar surface area (TPSA) is 24.9 Å². The first-order chi connectivity index (χ1) is 9.41. The molecule has 2 aromatic rings. The molecule has 0 saturated carbocycles. The molecule has 2 aromatic heterocycles. The number of hydrogen-bond donors (Lipinski definition) is 1. The zero-order chi connectivity index (χ0) is 14.8. The number of nitrogens with one attached hydrogen (secondary N) is 1. The molecule has 2 nitrogen and oxygen atoms in total. The molecular formula is C14H15F3N2S. The average Bonchev–Trinajstić information content (AvgIpc) is 2.81. The quantitative estimate of drug-likeness (QED) is 0.916. The maximum Gasteiger partial charge on any atom is 0.417 e. The van der Waals surface area contributed by atoms with Gasteiger partial charge in [-0.15, -0.1) is 11.3 Å². The van der Waals surface area contributed by atoms with Crippen molar-refractivity contribution in [2.45, 2.75) is 26.1 Å². The zero-order valence-electron chi connectivity index (χ0n) is 11.2. The number of hydrogen-bond acceptors (Lipinski definition) is 3. The number of nitrogens with zero attached hydrogens (tertiary/aromatic N) is 1. The third-order valence-electron chi connectivity index (χ3n) is 2.90. The maximum absolute atomic E-state index is 12.5. The van der Waals surface area contributed by atoms with Crippen LogP contribution in [0.15, 0.2) is 29.8 Å². The average molecular weight is 300 g/mol. The summed E-state index contributed by atoms with van der Waals surface area (Å²) in [6.07, 6.45) is -3.46. The second-order valence-electron chi connectivity index (χ2n) is 4.45. The monoisotopic (exact) mass is 300 g/mol. The Bertz CT molecular complexity index is 561. The van der Waals surface area contributed by atoms with Gasteiger partial charge >= 0.3 is 6.18 Å². The lowest BCUT2D eigenvalue weighted by molar-refractivity contribution is -0.137. The number of rotatable bonds is 4. The summed E-state index contributed by atoms with van der Waals surface area (Å²) in [5.41, 5.74) is 0.900. The summed E-state index contributed by atoms with van der Waals surface area (Å²) in [7, 11) is 0. The molecule has 0 aromatic carbocycles. The Morgan fingerprint density at radius 2 is 2.10 bits per heavy atom. The van der Waals surface area contributed by atoms with E-state index >= 15 is 0 Å². The number of aryl methyl sites for hydroxylation is 1. The fraction of sp³-hybridized carbons (Fsp3) is 0.357. The van der Waals surface area contributed by atoms with Gasteiger partial charge in [0.05, 0.1) is 17.3 Å². The molecule has 0 fully saturated rings. The molecule has 2 heterocycles. The van der Waals surface area contributed by atoms with Gasteiger partial charge in [0.1, 0.15) is 0 Å². The van der Waals surface area contributed by atoms with E-state index in [1.165, 1.54) is 6.07 Å². The van der Waals surface area contributed by atoms with Crippen molar-refractivity contribution in [3.05, 3.63) is 51.5 Å². The first-order valence-electron chi connectivity index (χ1n) is 6.23. The lowest BCUT2D eigenvalue weighted by Gasteiger charge is -2.17. The molecule has 0 bridgehead atoms. The van der Waals surface area contributed by atoms with Gasteiger partial charge in [-0.25, -0.2) is 0 Å². The van der Waals surface area contributed by atoms with Crippen LogP contribution < -0.4 is 5.32 Å². The molecule has 0 aliphatic heterocycles. The normalized spacial score (nSPS) is 13.4. The fourth-order valence-corrected chi connectivity index (χ4v) is 2.69. The van der Waals surface area contributed by atoms with E-state index in [4.69, 9.17) is 0 Å². The van der Waals surface area contributed by atoms with E-state index in [1.54, 1.807) is 11.3 Å². The van der Waals surface area contributed by atoms with E-state index in [-0.39, 0.29) is 6.04 Å². The number of thiophene rings is 1. The van der Waals surface area contributed by atoms with E-state index in [0.717, 1.165) is 22.7 Å². The summed E-state index contributed by atoms with van der Waals surface area (Å²) in [5.74, 6) is 0. The van der Waals surface area contributed by atoms with Crippen LogP contribution >= 0.6 is 11.3 Å². The van der Waals surface area contributed by atoms with Crippen LogP contribution in [0.3, 0.4) is 0 Å². The Morgan fingerprint density at radius 1 is 1.35 bits per heavy atom. The number of aromatic nitrogens is 1. The molecule has 1 N–H and O–H groups in total. The standard InChI is InChI=1S/C14H15F3N2S/c1-3-18-13(10-6-9(2)20-8-10)12-5-4-11(7-19-12)14(15,16)17/h4-8,13,18H,3H2,1-2H3.